The SMILES string of the molecule is N#CC(C#N)=NNc1ccc(NC(=O)c2cccs2)nc1. The minimum atomic E-state index is -0.287. The zero-order valence-electron chi connectivity index (χ0n) is 10.6. The Balaban J connectivity index is 2.00. The Kier molecular flexibility index (Phi) is 4.59. The van der Waals surface area contributed by atoms with Crippen molar-refractivity contribution in [2.75, 3.05) is 10.7 Å². The fraction of sp³-hybridized carbons (Fsp3) is 0. The smallest absolute Gasteiger partial charge is 0.266 e. The van der Waals surface area contributed by atoms with E-state index < -0.39 is 0 Å². The lowest BCUT2D eigenvalue weighted by molar-refractivity contribution is 0.103. The molecule has 102 valence electrons. The van der Waals surface area contributed by atoms with E-state index in [9.17, 15) is 4.79 Å². The normalized spacial score (nSPS) is 9.05. The number of nitrogens with one attached hydrogen (secondary N) is 2. The second kappa shape index (κ2) is 6.80. The molecule has 0 aliphatic carbocycles. The van der Waals surface area contributed by atoms with E-state index in [1.165, 1.54) is 17.5 Å². The van der Waals surface area contributed by atoms with Gasteiger partial charge >= 0.3 is 0 Å². The summed E-state index contributed by atoms with van der Waals surface area (Å²) in [6.45, 7) is 0. The van der Waals surface area contributed by atoms with Crippen molar-refractivity contribution in [2.24, 2.45) is 5.10 Å². The van der Waals surface area contributed by atoms with Crippen molar-refractivity contribution in [3.8, 4) is 12.1 Å². The van der Waals surface area contributed by atoms with Crippen LogP contribution in [0.5, 0.6) is 0 Å². The van der Waals surface area contributed by atoms with Gasteiger partial charge in [-0.2, -0.15) is 15.6 Å². The van der Waals surface area contributed by atoms with Gasteiger partial charge in [-0.05, 0) is 23.6 Å². The topological polar surface area (TPSA) is 114 Å². The van der Waals surface area contributed by atoms with Gasteiger partial charge < -0.3 is 5.32 Å². The number of amides is 1. The Hall–Kier alpha value is -3.23. The van der Waals surface area contributed by atoms with Gasteiger partial charge in [0.25, 0.3) is 5.91 Å². The van der Waals surface area contributed by atoms with Crippen LogP contribution in [0.3, 0.4) is 0 Å². The van der Waals surface area contributed by atoms with E-state index in [1.54, 1.807) is 36.4 Å². The number of carbonyl (C=O) groups excluding carboxylic acids is 1. The lowest BCUT2D eigenvalue weighted by Crippen LogP contribution is -2.11. The number of anilines is 2. The first kappa shape index (κ1) is 14.2. The molecule has 2 rings (SSSR count). The van der Waals surface area contributed by atoms with E-state index in [2.05, 4.69) is 20.8 Å². The second-order valence-corrected chi connectivity index (χ2v) is 4.61. The molecule has 2 aromatic rings. The van der Waals surface area contributed by atoms with Gasteiger partial charge in [0.15, 0.2) is 0 Å². The third kappa shape index (κ3) is 3.86. The predicted molar refractivity (Wildman–Crippen MR) is 78.8 cm³/mol. The third-order valence-electron chi connectivity index (χ3n) is 2.26. The Morgan fingerprint density at radius 2 is 2.10 bits per heavy atom. The van der Waals surface area contributed by atoms with Crippen molar-refractivity contribution in [3.63, 3.8) is 0 Å². The molecule has 1 amide bonds. The maximum Gasteiger partial charge on any atom is 0.266 e. The van der Waals surface area contributed by atoms with E-state index in [0.29, 0.717) is 16.4 Å². The van der Waals surface area contributed by atoms with Crippen molar-refractivity contribution >= 4 is 34.5 Å². The zero-order chi connectivity index (χ0) is 15.1. The van der Waals surface area contributed by atoms with Crippen molar-refractivity contribution < 1.29 is 4.79 Å². The standard InChI is InChI=1S/C13H8N6OS/c14-6-10(7-15)19-18-9-3-4-12(16-8-9)17-13(20)11-2-1-5-21-11/h1-5,8,18H,(H,16,17,20). The summed E-state index contributed by atoms with van der Waals surface area (Å²) < 4.78 is 0. The van der Waals surface area contributed by atoms with E-state index in [1.807, 2.05) is 5.38 Å². The summed E-state index contributed by atoms with van der Waals surface area (Å²) in [6, 6.07) is 9.96. The molecule has 2 N–H and O–H groups in total. The van der Waals surface area contributed by atoms with Crippen LogP contribution in [0.2, 0.25) is 0 Å². The number of nitrogens with zero attached hydrogens (tertiary/aromatic N) is 4. The summed E-state index contributed by atoms with van der Waals surface area (Å²) in [7, 11) is 0. The first-order valence-electron chi connectivity index (χ1n) is 5.67. The van der Waals surface area contributed by atoms with Gasteiger partial charge in [0.1, 0.15) is 18.0 Å². The molecule has 0 atom stereocenters. The lowest BCUT2D eigenvalue weighted by atomic mass is 10.4. The third-order valence-corrected chi connectivity index (χ3v) is 3.13. The summed E-state index contributed by atoms with van der Waals surface area (Å²) in [5.74, 6) is 0.163. The molecule has 7 nitrogen and oxygen atoms in total. The molecular weight excluding hydrogens is 288 g/mol. The van der Waals surface area contributed by atoms with Crippen LogP contribution < -0.4 is 10.7 Å². The van der Waals surface area contributed by atoms with Crippen LogP contribution >= 0.6 is 11.3 Å². The summed E-state index contributed by atoms with van der Waals surface area (Å²) in [6.07, 6.45) is 1.43. The number of rotatable bonds is 4. The molecule has 0 aliphatic rings. The summed E-state index contributed by atoms with van der Waals surface area (Å²) in [5.41, 5.74) is 2.73. The van der Waals surface area contributed by atoms with E-state index in [-0.39, 0.29) is 11.6 Å². The molecule has 2 aromatic heterocycles. The molecule has 0 spiro atoms. The van der Waals surface area contributed by atoms with Gasteiger partial charge in [-0.1, -0.05) is 6.07 Å². The fourth-order valence-electron chi connectivity index (χ4n) is 1.32. The van der Waals surface area contributed by atoms with Gasteiger partial charge in [0, 0.05) is 0 Å². The second-order valence-electron chi connectivity index (χ2n) is 3.66. The summed E-state index contributed by atoms with van der Waals surface area (Å²) >= 11 is 1.34. The highest BCUT2D eigenvalue weighted by atomic mass is 32.1. The molecule has 0 saturated heterocycles. The van der Waals surface area contributed by atoms with Crippen LogP contribution in [-0.2, 0) is 0 Å². The van der Waals surface area contributed by atoms with Crippen molar-refractivity contribution in [2.45, 2.75) is 0 Å². The lowest BCUT2D eigenvalue weighted by Gasteiger charge is -2.04. The van der Waals surface area contributed by atoms with Crippen LogP contribution in [0.25, 0.3) is 0 Å². The molecule has 0 aliphatic heterocycles. The average Bonchev–Trinajstić information content (AvgIpc) is 3.04. The molecule has 8 heteroatoms. The number of carbonyl (C=O) groups is 1. The first-order chi connectivity index (χ1) is 10.2. The fourth-order valence-corrected chi connectivity index (χ4v) is 1.93. The van der Waals surface area contributed by atoms with Gasteiger partial charge in [-0.15, -0.1) is 11.3 Å². The predicted octanol–water partition coefficient (Wildman–Crippen LogP) is 2.21. The first-order valence-corrected chi connectivity index (χ1v) is 6.55. The van der Waals surface area contributed by atoms with Crippen LogP contribution in [0.1, 0.15) is 9.67 Å². The number of pyridine rings is 1. The van der Waals surface area contributed by atoms with E-state index in [4.69, 9.17) is 10.5 Å². The van der Waals surface area contributed by atoms with Crippen molar-refractivity contribution in [1.29, 1.82) is 10.5 Å². The molecule has 2 heterocycles. The minimum Gasteiger partial charge on any atom is -0.306 e. The maximum atomic E-state index is 11.8. The molecule has 21 heavy (non-hydrogen) atoms. The van der Waals surface area contributed by atoms with Gasteiger partial charge in [-0.25, -0.2) is 4.98 Å². The molecular formula is C13H8N6OS. The monoisotopic (exact) mass is 296 g/mol. The van der Waals surface area contributed by atoms with Crippen LogP contribution in [0, 0.1) is 22.7 Å². The molecule has 0 bridgehead atoms. The Labute approximate surface area is 124 Å². The largest absolute Gasteiger partial charge is 0.306 e. The van der Waals surface area contributed by atoms with Crippen molar-refractivity contribution in [3.05, 3.63) is 40.7 Å². The van der Waals surface area contributed by atoms with Gasteiger partial charge in [-0.3, -0.25) is 10.2 Å². The summed E-state index contributed by atoms with van der Waals surface area (Å²) in [5, 5.41) is 25.1. The Morgan fingerprint density at radius 3 is 2.67 bits per heavy atom. The van der Waals surface area contributed by atoms with E-state index in [0.717, 1.165) is 0 Å². The average molecular weight is 296 g/mol. The highest BCUT2D eigenvalue weighted by Crippen LogP contribution is 2.13. The Morgan fingerprint density at radius 1 is 1.29 bits per heavy atom. The number of hydrazone groups is 1. The van der Waals surface area contributed by atoms with Crippen LogP contribution in [0.4, 0.5) is 11.5 Å². The summed E-state index contributed by atoms with van der Waals surface area (Å²) in [4.78, 5) is 16.4. The minimum absolute atomic E-state index is 0.229. The van der Waals surface area contributed by atoms with Crippen LogP contribution in [0.15, 0.2) is 40.9 Å². The molecule has 0 aromatic carbocycles. The molecule has 0 saturated carbocycles. The highest BCUT2D eigenvalue weighted by Gasteiger charge is 2.07. The molecule has 0 radical (unpaired) electrons. The maximum absolute atomic E-state index is 11.8. The zero-order valence-corrected chi connectivity index (χ0v) is 11.4. The van der Waals surface area contributed by atoms with Crippen molar-refractivity contribution in [1.82, 2.24) is 4.98 Å². The van der Waals surface area contributed by atoms with Gasteiger partial charge in [0.2, 0.25) is 5.71 Å². The number of hydrogen-bond donors (Lipinski definition) is 2. The number of thiophene rings is 1. The quantitative estimate of drug-likeness (QED) is 0.663. The van der Waals surface area contributed by atoms with Gasteiger partial charge in [0.05, 0.1) is 16.8 Å². The Bertz CT molecular complexity index is 720. The number of hydrogen-bond acceptors (Lipinski definition) is 7. The molecule has 0 fully saturated rings. The molecule has 0 unspecified atom stereocenters. The van der Waals surface area contributed by atoms with Crippen LogP contribution in [-0.4, -0.2) is 16.6 Å². The number of aromatic nitrogens is 1. The number of nitriles is 2. The highest BCUT2D eigenvalue weighted by molar-refractivity contribution is 7.12. The van der Waals surface area contributed by atoms with E-state index >= 15 is 0 Å².